The van der Waals surface area contributed by atoms with Gasteiger partial charge in [0.2, 0.25) is 5.95 Å². The summed E-state index contributed by atoms with van der Waals surface area (Å²) >= 11 is 1.02. The molecule has 7 nitrogen and oxygen atoms in total. The molecule has 0 radical (unpaired) electrons. The summed E-state index contributed by atoms with van der Waals surface area (Å²) in [5.74, 6) is 0.740. The topological polar surface area (TPSA) is 92.4 Å². The van der Waals surface area contributed by atoms with Crippen LogP contribution in [0.5, 0.6) is 0 Å². The molecule has 2 aliphatic rings. The van der Waals surface area contributed by atoms with E-state index in [1.165, 1.54) is 6.26 Å². The highest BCUT2D eigenvalue weighted by Crippen LogP contribution is 2.43. The molecule has 36 heavy (non-hydrogen) atoms. The second-order valence-corrected chi connectivity index (χ2v) is 13.4. The number of sulfone groups is 1. The molecule has 1 spiro atoms. The number of nitrogens with two attached hydrogens (primary N) is 1. The molecule has 0 amide bonds. The molecule has 0 aliphatic carbocycles. The van der Waals surface area contributed by atoms with Crippen LogP contribution in [0.15, 0.2) is 30.3 Å². The summed E-state index contributed by atoms with van der Waals surface area (Å²) in [6.07, 6.45) is -2.03. The monoisotopic (exact) mass is 539 g/mol. The summed E-state index contributed by atoms with van der Waals surface area (Å²) in [6.45, 7) is 4.20. The van der Waals surface area contributed by atoms with Crippen molar-refractivity contribution in [3.05, 3.63) is 46.3 Å². The van der Waals surface area contributed by atoms with Crippen molar-refractivity contribution in [1.29, 1.82) is 0 Å². The van der Waals surface area contributed by atoms with Gasteiger partial charge in [0.05, 0.1) is 17.6 Å². The van der Waals surface area contributed by atoms with E-state index >= 15 is 0 Å². The quantitative estimate of drug-likeness (QED) is 0.506. The number of hydrogen-bond donors (Lipinski definition) is 1. The minimum atomic E-state index is -4.28. The van der Waals surface area contributed by atoms with Crippen LogP contribution in [0.3, 0.4) is 0 Å². The Bertz CT molecular complexity index is 1370. The van der Waals surface area contributed by atoms with E-state index in [1.807, 2.05) is 24.3 Å². The van der Waals surface area contributed by atoms with Crippen molar-refractivity contribution in [2.75, 3.05) is 43.1 Å². The Morgan fingerprint density at radius 3 is 2.47 bits per heavy atom. The van der Waals surface area contributed by atoms with Gasteiger partial charge >= 0.3 is 6.18 Å². The van der Waals surface area contributed by atoms with Gasteiger partial charge in [0.1, 0.15) is 10.6 Å². The van der Waals surface area contributed by atoms with E-state index in [2.05, 4.69) is 19.8 Å². The molecule has 12 heteroatoms. The van der Waals surface area contributed by atoms with E-state index in [0.717, 1.165) is 68.0 Å². The highest BCUT2D eigenvalue weighted by atomic mass is 32.2. The van der Waals surface area contributed by atoms with Crippen molar-refractivity contribution >= 4 is 43.2 Å². The van der Waals surface area contributed by atoms with Crippen LogP contribution in [0.4, 0.5) is 24.9 Å². The average Bonchev–Trinajstić information content (AvgIpc) is 3.45. The number of nitrogens with zero attached hydrogens (tertiary/aromatic N) is 4. The lowest BCUT2D eigenvalue weighted by Gasteiger charge is -2.25. The number of rotatable bonds is 6. The number of halogens is 3. The molecule has 2 saturated heterocycles. The maximum Gasteiger partial charge on any atom is 0.393 e. The van der Waals surface area contributed by atoms with Crippen molar-refractivity contribution in [1.82, 2.24) is 14.9 Å². The fraction of sp³-hybridized carbons (Fsp3) is 0.500. The molecule has 0 bridgehead atoms. The van der Waals surface area contributed by atoms with E-state index in [9.17, 15) is 21.6 Å². The molecule has 0 saturated carbocycles. The van der Waals surface area contributed by atoms with Gasteiger partial charge < -0.3 is 10.6 Å². The molecule has 194 valence electrons. The molecule has 1 unspecified atom stereocenters. The number of aromatic nitrogens is 2. The fourth-order valence-corrected chi connectivity index (χ4v) is 7.27. The maximum atomic E-state index is 12.9. The fourth-order valence-electron chi connectivity index (χ4n) is 5.41. The summed E-state index contributed by atoms with van der Waals surface area (Å²) in [5, 5.41) is 0.634. The van der Waals surface area contributed by atoms with Gasteiger partial charge in [-0.2, -0.15) is 18.2 Å². The molecule has 1 atom stereocenters. The van der Waals surface area contributed by atoms with Crippen molar-refractivity contribution in [2.24, 2.45) is 5.41 Å². The third-order valence-electron chi connectivity index (χ3n) is 6.93. The lowest BCUT2D eigenvalue weighted by Crippen LogP contribution is -2.31. The Balaban J connectivity index is 1.27. The molecule has 2 N–H and O–H groups in total. The Labute approximate surface area is 212 Å². The summed E-state index contributed by atoms with van der Waals surface area (Å²) in [5.41, 5.74) is 7.93. The SMILES string of the molecule is CS(=O)(=O)Cc1ccc(CN2CCC3(CCN(c4nc(N)nc5sc(CC(F)(F)F)cc45)C3)C2)cc1. The number of benzene rings is 1. The third kappa shape index (κ3) is 5.76. The van der Waals surface area contributed by atoms with Gasteiger partial charge in [-0.3, -0.25) is 4.90 Å². The first-order chi connectivity index (χ1) is 16.9. The van der Waals surface area contributed by atoms with Crippen LogP contribution in [0, 0.1) is 5.41 Å². The van der Waals surface area contributed by atoms with Crippen LogP contribution in [0.1, 0.15) is 28.8 Å². The van der Waals surface area contributed by atoms with Crippen LogP contribution in [-0.4, -0.2) is 61.9 Å². The summed E-state index contributed by atoms with van der Waals surface area (Å²) < 4.78 is 61.8. The van der Waals surface area contributed by atoms with Crippen LogP contribution < -0.4 is 10.6 Å². The Kier molecular flexibility index (Phi) is 6.40. The molecule has 2 aliphatic heterocycles. The zero-order valence-corrected chi connectivity index (χ0v) is 21.5. The molecular formula is C24H28F3N5O2S2. The molecule has 2 fully saturated rings. The van der Waals surface area contributed by atoms with Crippen molar-refractivity contribution in [2.45, 2.75) is 37.7 Å². The van der Waals surface area contributed by atoms with Gasteiger partial charge in [0.15, 0.2) is 9.84 Å². The van der Waals surface area contributed by atoms with Gasteiger partial charge in [-0.05, 0) is 36.6 Å². The lowest BCUT2D eigenvalue weighted by atomic mass is 9.86. The largest absolute Gasteiger partial charge is 0.393 e. The van der Waals surface area contributed by atoms with Crippen LogP contribution in [0.2, 0.25) is 0 Å². The number of thiophene rings is 1. The predicted molar refractivity (Wildman–Crippen MR) is 136 cm³/mol. The summed E-state index contributed by atoms with van der Waals surface area (Å²) in [4.78, 5) is 13.9. The van der Waals surface area contributed by atoms with Gasteiger partial charge in [-0.15, -0.1) is 11.3 Å². The first-order valence-corrected chi connectivity index (χ1v) is 14.6. The number of nitrogen functional groups attached to an aromatic ring is 1. The Hall–Kier alpha value is -2.44. The second kappa shape index (κ2) is 9.14. The van der Waals surface area contributed by atoms with Crippen molar-refractivity contribution < 1.29 is 21.6 Å². The molecule has 3 aromatic rings. The van der Waals surface area contributed by atoms with Gasteiger partial charge in [0.25, 0.3) is 0 Å². The smallest absolute Gasteiger partial charge is 0.368 e. The van der Waals surface area contributed by atoms with Crippen LogP contribution in [0.25, 0.3) is 10.2 Å². The molecule has 5 rings (SSSR count). The number of anilines is 2. The van der Waals surface area contributed by atoms with Gasteiger partial charge in [0, 0.05) is 42.7 Å². The predicted octanol–water partition coefficient (Wildman–Crippen LogP) is 4.03. The summed E-state index contributed by atoms with van der Waals surface area (Å²) in [7, 11) is -3.06. The van der Waals surface area contributed by atoms with Gasteiger partial charge in [-0.1, -0.05) is 24.3 Å². The number of likely N-dealkylation sites (tertiary alicyclic amines) is 1. The van der Waals surface area contributed by atoms with E-state index < -0.39 is 22.4 Å². The standard InChI is InChI=1S/C24H28F3N5O2S2/c1-36(33,34)13-17-4-2-16(3-5-17)12-31-8-6-23(14-31)7-9-32(15-23)20-19-10-18(11-24(25,26)27)35-21(19)30-22(28)29-20/h2-5,10H,6-9,11-15H2,1H3,(H2,28,29,30). The van der Waals surface area contributed by atoms with E-state index in [1.54, 1.807) is 6.07 Å². The van der Waals surface area contributed by atoms with Crippen LogP contribution in [-0.2, 0) is 28.6 Å². The van der Waals surface area contributed by atoms with Crippen LogP contribution >= 0.6 is 11.3 Å². The molecular weight excluding hydrogens is 511 g/mol. The lowest BCUT2D eigenvalue weighted by molar-refractivity contribution is -0.126. The Morgan fingerprint density at radius 1 is 1.08 bits per heavy atom. The minimum absolute atomic E-state index is 0.0403. The molecule has 4 heterocycles. The minimum Gasteiger partial charge on any atom is -0.368 e. The maximum absolute atomic E-state index is 12.9. The van der Waals surface area contributed by atoms with E-state index in [-0.39, 0.29) is 22.0 Å². The molecule has 1 aromatic carbocycles. The zero-order chi connectivity index (χ0) is 25.7. The van der Waals surface area contributed by atoms with E-state index in [4.69, 9.17) is 5.73 Å². The Morgan fingerprint density at radius 2 is 1.78 bits per heavy atom. The highest BCUT2D eigenvalue weighted by molar-refractivity contribution is 7.89. The van der Waals surface area contributed by atoms with Crippen molar-refractivity contribution in [3.63, 3.8) is 0 Å². The normalized spacial score (nSPS) is 21.3. The molecule has 2 aromatic heterocycles. The van der Waals surface area contributed by atoms with Gasteiger partial charge in [-0.25, -0.2) is 13.4 Å². The summed E-state index contributed by atoms with van der Waals surface area (Å²) in [6, 6.07) is 9.28. The first kappa shape index (κ1) is 25.2. The number of hydrogen-bond acceptors (Lipinski definition) is 8. The van der Waals surface area contributed by atoms with E-state index in [0.29, 0.717) is 16.0 Å². The first-order valence-electron chi connectivity index (χ1n) is 11.7. The third-order valence-corrected chi connectivity index (χ3v) is 8.82. The highest BCUT2D eigenvalue weighted by Gasteiger charge is 2.44. The van der Waals surface area contributed by atoms with Crippen molar-refractivity contribution in [3.8, 4) is 0 Å². The zero-order valence-electron chi connectivity index (χ0n) is 19.9. The second-order valence-electron chi connectivity index (χ2n) is 10.1. The number of alkyl halides is 3. The average molecular weight is 540 g/mol. The number of fused-ring (bicyclic) bond motifs is 1.